The summed E-state index contributed by atoms with van der Waals surface area (Å²) in [5.41, 5.74) is 4.41. The van der Waals surface area contributed by atoms with Gasteiger partial charge in [-0.1, -0.05) is 47.0 Å². The maximum Gasteiger partial charge on any atom is 0.0242 e. The van der Waals surface area contributed by atoms with Crippen LogP contribution >= 0.6 is 15.9 Å². The highest BCUT2D eigenvalue weighted by Crippen LogP contribution is 2.23. The van der Waals surface area contributed by atoms with Crippen molar-refractivity contribution in [3.8, 4) is 0 Å². The molecule has 1 aliphatic rings. The van der Waals surface area contributed by atoms with Crippen LogP contribution in [0.5, 0.6) is 0 Å². The van der Waals surface area contributed by atoms with Crippen LogP contribution in [0.25, 0.3) is 0 Å². The molecule has 0 saturated carbocycles. The maximum absolute atomic E-state index is 3.69. The molecule has 1 heterocycles. The summed E-state index contributed by atoms with van der Waals surface area (Å²) in [6, 6.07) is 7.36. The number of aryl methyl sites for hydroxylation is 2. The van der Waals surface area contributed by atoms with E-state index in [-0.39, 0.29) is 0 Å². The van der Waals surface area contributed by atoms with Gasteiger partial charge in [-0.05, 0) is 49.9 Å². The Morgan fingerprint density at radius 1 is 1.17 bits per heavy atom. The van der Waals surface area contributed by atoms with Crippen molar-refractivity contribution in [1.82, 2.24) is 4.90 Å². The van der Waals surface area contributed by atoms with E-state index >= 15 is 0 Å². The summed E-state index contributed by atoms with van der Waals surface area (Å²) in [6.45, 7) is 6.85. The van der Waals surface area contributed by atoms with Crippen LogP contribution in [0.2, 0.25) is 0 Å². The Labute approximate surface area is 120 Å². The lowest BCUT2D eigenvalue weighted by molar-refractivity contribution is 0.208. The number of rotatable bonds is 3. The van der Waals surface area contributed by atoms with Gasteiger partial charge in [-0.3, -0.25) is 4.90 Å². The average Bonchev–Trinajstić information content (AvgIpc) is 2.59. The minimum Gasteiger partial charge on any atom is -0.295 e. The zero-order chi connectivity index (χ0) is 13.0. The fourth-order valence-electron chi connectivity index (χ4n) is 2.92. The molecule has 2 rings (SSSR count). The van der Waals surface area contributed by atoms with Crippen LogP contribution in [0.3, 0.4) is 0 Å². The molecule has 0 spiro atoms. The molecular formula is C16H24BrN. The first-order chi connectivity index (χ1) is 8.72. The Morgan fingerprint density at radius 3 is 2.56 bits per heavy atom. The molecule has 0 aliphatic carbocycles. The summed E-state index contributed by atoms with van der Waals surface area (Å²) in [6.07, 6.45) is 5.48. The van der Waals surface area contributed by atoms with Gasteiger partial charge in [0.2, 0.25) is 0 Å². The van der Waals surface area contributed by atoms with E-state index in [0.717, 1.165) is 11.9 Å². The van der Waals surface area contributed by atoms with Gasteiger partial charge in [-0.25, -0.2) is 0 Å². The molecule has 0 aromatic heterocycles. The zero-order valence-electron chi connectivity index (χ0n) is 11.6. The van der Waals surface area contributed by atoms with Gasteiger partial charge in [0.1, 0.15) is 0 Å². The molecule has 0 amide bonds. The van der Waals surface area contributed by atoms with E-state index in [4.69, 9.17) is 0 Å². The van der Waals surface area contributed by atoms with E-state index in [1.165, 1.54) is 48.9 Å². The van der Waals surface area contributed by atoms with E-state index in [0.29, 0.717) is 6.04 Å². The summed E-state index contributed by atoms with van der Waals surface area (Å²) in [7, 11) is 0. The SMILES string of the molecule is Cc1cccc(C)c1CN1CCCCCC1CBr. The Bertz CT molecular complexity index is 368. The predicted octanol–water partition coefficient (Wildman–Crippen LogP) is 4.44. The minimum atomic E-state index is 0.714. The van der Waals surface area contributed by atoms with Crippen molar-refractivity contribution in [2.75, 3.05) is 11.9 Å². The minimum absolute atomic E-state index is 0.714. The van der Waals surface area contributed by atoms with E-state index in [1.54, 1.807) is 0 Å². The predicted molar refractivity (Wildman–Crippen MR) is 82.4 cm³/mol. The van der Waals surface area contributed by atoms with Gasteiger partial charge in [0.15, 0.2) is 0 Å². The number of hydrogen-bond acceptors (Lipinski definition) is 1. The molecule has 18 heavy (non-hydrogen) atoms. The summed E-state index contributed by atoms with van der Waals surface area (Å²) >= 11 is 3.69. The monoisotopic (exact) mass is 309 g/mol. The third-order valence-corrected chi connectivity index (χ3v) is 4.93. The molecule has 1 unspecified atom stereocenters. The van der Waals surface area contributed by atoms with Crippen LogP contribution in [-0.2, 0) is 6.54 Å². The van der Waals surface area contributed by atoms with Crippen LogP contribution in [0.4, 0.5) is 0 Å². The second-order valence-electron chi connectivity index (χ2n) is 5.50. The quantitative estimate of drug-likeness (QED) is 0.746. The van der Waals surface area contributed by atoms with Crippen molar-refractivity contribution in [1.29, 1.82) is 0 Å². The van der Waals surface area contributed by atoms with Crippen molar-refractivity contribution in [3.63, 3.8) is 0 Å². The van der Waals surface area contributed by atoms with Gasteiger partial charge in [0, 0.05) is 17.9 Å². The maximum atomic E-state index is 3.69. The third-order valence-electron chi connectivity index (χ3n) is 4.18. The molecule has 1 atom stereocenters. The average molecular weight is 310 g/mol. The fraction of sp³-hybridized carbons (Fsp3) is 0.625. The molecule has 1 aromatic rings. The first kappa shape index (κ1) is 14.1. The van der Waals surface area contributed by atoms with Crippen molar-refractivity contribution >= 4 is 15.9 Å². The van der Waals surface area contributed by atoms with Crippen molar-refractivity contribution in [3.05, 3.63) is 34.9 Å². The van der Waals surface area contributed by atoms with Gasteiger partial charge < -0.3 is 0 Å². The number of benzene rings is 1. The van der Waals surface area contributed by atoms with Crippen molar-refractivity contribution < 1.29 is 0 Å². The molecule has 2 heteroatoms. The summed E-state index contributed by atoms with van der Waals surface area (Å²) < 4.78 is 0. The standard InChI is InChI=1S/C16H24BrN/c1-13-7-6-8-14(2)16(13)12-18-10-5-3-4-9-15(18)11-17/h6-8,15H,3-5,9-12H2,1-2H3. The Hall–Kier alpha value is -0.340. The summed E-state index contributed by atoms with van der Waals surface area (Å²) in [5, 5.41) is 1.11. The third kappa shape index (κ3) is 3.36. The molecule has 100 valence electrons. The van der Waals surface area contributed by atoms with Crippen LogP contribution < -0.4 is 0 Å². The lowest BCUT2D eigenvalue weighted by Gasteiger charge is -2.29. The van der Waals surface area contributed by atoms with Gasteiger partial charge in [-0.2, -0.15) is 0 Å². The van der Waals surface area contributed by atoms with Gasteiger partial charge in [0.05, 0.1) is 0 Å². The van der Waals surface area contributed by atoms with Gasteiger partial charge >= 0.3 is 0 Å². The Kier molecular flexibility index (Phi) is 5.25. The highest BCUT2D eigenvalue weighted by atomic mass is 79.9. The number of likely N-dealkylation sites (tertiary alicyclic amines) is 1. The lowest BCUT2D eigenvalue weighted by atomic mass is 10.0. The normalized spacial score (nSPS) is 21.8. The molecule has 0 bridgehead atoms. The number of nitrogens with zero attached hydrogens (tertiary/aromatic N) is 1. The second-order valence-corrected chi connectivity index (χ2v) is 6.15. The van der Waals surface area contributed by atoms with E-state index in [9.17, 15) is 0 Å². The Morgan fingerprint density at radius 2 is 1.89 bits per heavy atom. The Balaban J connectivity index is 2.15. The molecule has 0 radical (unpaired) electrons. The lowest BCUT2D eigenvalue weighted by Crippen LogP contribution is -2.35. The van der Waals surface area contributed by atoms with Crippen LogP contribution in [0.1, 0.15) is 42.4 Å². The second kappa shape index (κ2) is 6.72. The summed E-state index contributed by atoms with van der Waals surface area (Å²) in [4.78, 5) is 2.68. The van der Waals surface area contributed by atoms with Crippen LogP contribution in [-0.4, -0.2) is 22.8 Å². The largest absolute Gasteiger partial charge is 0.295 e. The fourth-order valence-corrected chi connectivity index (χ4v) is 3.65. The number of hydrogen-bond donors (Lipinski definition) is 0. The van der Waals surface area contributed by atoms with Crippen molar-refractivity contribution in [2.45, 2.75) is 52.1 Å². The highest BCUT2D eigenvalue weighted by molar-refractivity contribution is 9.09. The molecule has 1 fully saturated rings. The molecular weight excluding hydrogens is 286 g/mol. The smallest absolute Gasteiger partial charge is 0.0242 e. The molecule has 1 aliphatic heterocycles. The highest BCUT2D eigenvalue weighted by Gasteiger charge is 2.20. The van der Waals surface area contributed by atoms with Gasteiger partial charge in [-0.15, -0.1) is 0 Å². The summed E-state index contributed by atoms with van der Waals surface area (Å²) in [5.74, 6) is 0. The number of alkyl halides is 1. The van der Waals surface area contributed by atoms with Crippen LogP contribution in [0, 0.1) is 13.8 Å². The molecule has 1 saturated heterocycles. The van der Waals surface area contributed by atoms with Crippen molar-refractivity contribution in [2.24, 2.45) is 0 Å². The molecule has 1 aromatic carbocycles. The molecule has 1 nitrogen and oxygen atoms in total. The zero-order valence-corrected chi connectivity index (χ0v) is 13.2. The van der Waals surface area contributed by atoms with E-state index < -0.39 is 0 Å². The van der Waals surface area contributed by atoms with E-state index in [2.05, 4.69) is 52.9 Å². The van der Waals surface area contributed by atoms with Crippen LogP contribution in [0.15, 0.2) is 18.2 Å². The van der Waals surface area contributed by atoms with Gasteiger partial charge in [0.25, 0.3) is 0 Å². The first-order valence-electron chi connectivity index (χ1n) is 7.07. The molecule has 0 N–H and O–H groups in total. The first-order valence-corrected chi connectivity index (χ1v) is 8.19. The van der Waals surface area contributed by atoms with E-state index in [1.807, 2.05) is 0 Å². The topological polar surface area (TPSA) is 3.24 Å². The number of halogens is 1.